The number of ether oxygens (including phenoxy) is 2. The van der Waals surface area contributed by atoms with Gasteiger partial charge in [-0.1, -0.05) is 36.0 Å². The van der Waals surface area contributed by atoms with Gasteiger partial charge in [0.2, 0.25) is 0 Å². The van der Waals surface area contributed by atoms with Crippen LogP contribution >= 0.6 is 23.1 Å². The maximum absolute atomic E-state index is 6.13. The summed E-state index contributed by atoms with van der Waals surface area (Å²) in [7, 11) is 1.66. The molecule has 146 valence electrons. The second-order valence-electron chi connectivity index (χ2n) is 6.13. The number of rotatable bonds is 7. The van der Waals surface area contributed by atoms with Crippen LogP contribution in [0.5, 0.6) is 17.2 Å². The zero-order valence-electron chi connectivity index (χ0n) is 16.0. The Kier molecular flexibility index (Phi) is 5.97. The van der Waals surface area contributed by atoms with Crippen LogP contribution in [-0.2, 0) is 0 Å². The van der Waals surface area contributed by atoms with Crippen molar-refractivity contribution in [3.63, 3.8) is 0 Å². The predicted molar refractivity (Wildman–Crippen MR) is 118 cm³/mol. The maximum atomic E-state index is 6.13. The van der Waals surface area contributed by atoms with Gasteiger partial charge in [-0.25, -0.2) is 9.97 Å². The van der Waals surface area contributed by atoms with Gasteiger partial charge in [-0.2, -0.15) is 0 Å². The molecular weight excluding hydrogens is 402 g/mol. The Morgan fingerprint density at radius 3 is 2.55 bits per heavy atom. The summed E-state index contributed by atoms with van der Waals surface area (Å²) in [5.41, 5.74) is 0.966. The molecule has 0 fully saturated rings. The lowest BCUT2D eigenvalue weighted by Crippen LogP contribution is -1.97. The summed E-state index contributed by atoms with van der Waals surface area (Å²) >= 11 is 3.13. The van der Waals surface area contributed by atoms with Crippen LogP contribution < -0.4 is 14.8 Å². The smallest absolute Gasteiger partial charge is 0.188 e. The zero-order chi connectivity index (χ0) is 20.1. The molecule has 7 heteroatoms. The third-order valence-corrected chi connectivity index (χ3v) is 5.74. The highest BCUT2D eigenvalue weighted by molar-refractivity contribution is 7.99. The molecule has 0 bridgehead atoms. The Morgan fingerprint density at radius 2 is 1.79 bits per heavy atom. The lowest BCUT2D eigenvalue weighted by atomic mass is 10.3. The summed E-state index contributed by atoms with van der Waals surface area (Å²) in [5.74, 6) is 2.83. The molecule has 0 aliphatic heterocycles. The first-order valence-corrected chi connectivity index (χ1v) is 10.6. The van der Waals surface area contributed by atoms with Crippen molar-refractivity contribution in [3.8, 4) is 17.2 Å². The molecule has 0 saturated heterocycles. The number of benzene rings is 2. The van der Waals surface area contributed by atoms with Gasteiger partial charge < -0.3 is 14.8 Å². The van der Waals surface area contributed by atoms with Gasteiger partial charge in [0.25, 0.3) is 0 Å². The summed E-state index contributed by atoms with van der Waals surface area (Å²) in [6.45, 7) is 1.96. The van der Waals surface area contributed by atoms with Gasteiger partial charge in [0.05, 0.1) is 12.8 Å². The fourth-order valence-corrected chi connectivity index (χ4v) is 4.14. The number of thiazole rings is 1. The molecule has 0 aliphatic rings. The van der Waals surface area contributed by atoms with Gasteiger partial charge in [-0.3, -0.25) is 0 Å². The number of methoxy groups -OCH3 is 1. The Balaban J connectivity index is 1.64. The Bertz CT molecular complexity index is 1100. The van der Waals surface area contributed by atoms with Crippen LogP contribution in [0.15, 0.2) is 82.0 Å². The summed E-state index contributed by atoms with van der Waals surface area (Å²) in [5, 5.41) is 6.04. The molecule has 2 aromatic carbocycles. The number of nitrogens with one attached hydrogen (secondary N) is 1. The van der Waals surface area contributed by atoms with Crippen LogP contribution in [0.1, 0.15) is 5.69 Å². The molecule has 1 N–H and O–H groups in total. The van der Waals surface area contributed by atoms with E-state index in [-0.39, 0.29) is 0 Å². The average Bonchev–Trinajstić information content (AvgIpc) is 3.15. The summed E-state index contributed by atoms with van der Waals surface area (Å²) in [6, 6.07) is 19.6. The van der Waals surface area contributed by atoms with E-state index in [1.165, 1.54) is 11.3 Å². The van der Waals surface area contributed by atoms with Gasteiger partial charge in [0.15, 0.2) is 16.7 Å². The molecule has 0 radical (unpaired) electrons. The number of nitrogens with zero attached hydrogens (tertiary/aromatic N) is 2. The molecule has 0 atom stereocenters. The number of aryl methyl sites for hydroxylation is 1. The number of para-hydroxylation sites is 1. The standard InChI is InChI=1S/C22H19N3O2S2/c1-15-14-28-22(24-15)25-21-20(27-16-7-4-3-5-8-16)12-19(13-23-21)29-18-10-6-9-17(11-18)26-2/h3-14H,1-2H3,(H,23,24,25). The summed E-state index contributed by atoms with van der Waals surface area (Å²) in [4.78, 5) is 11.1. The number of anilines is 2. The van der Waals surface area contributed by atoms with E-state index in [9.17, 15) is 0 Å². The first kappa shape index (κ1) is 19.3. The third kappa shape index (κ3) is 5.07. The lowest BCUT2D eigenvalue weighted by Gasteiger charge is -2.12. The van der Waals surface area contributed by atoms with Gasteiger partial charge in [-0.15, -0.1) is 11.3 Å². The van der Waals surface area contributed by atoms with Crippen molar-refractivity contribution in [2.45, 2.75) is 16.7 Å². The van der Waals surface area contributed by atoms with E-state index in [1.54, 1.807) is 18.9 Å². The van der Waals surface area contributed by atoms with Crippen molar-refractivity contribution in [1.82, 2.24) is 9.97 Å². The van der Waals surface area contributed by atoms with Crippen LogP contribution in [0.3, 0.4) is 0 Å². The van der Waals surface area contributed by atoms with Crippen LogP contribution in [0.4, 0.5) is 10.9 Å². The minimum absolute atomic E-state index is 0.623. The van der Waals surface area contributed by atoms with E-state index in [1.807, 2.05) is 79.2 Å². The topological polar surface area (TPSA) is 56.3 Å². The number of hydrogen-bond acceptors (Lipinski definition) is 7. The second-order valence-corrected chi connectivity index (χ2v) is 8.14. The highest BCUT2D eigenvalue weighted by Gasteiger charge is 2.12. The first-order chi connectivity index (χ1) is 14.2. The predicted octanol–water partition coefficient (Wildman–Crippen LogP) is 6.54. The molecule has 4 rings (SSSR count). The van der Waals surface area contributed by atoms with Crippen molar-refractivity contribution in [3.05, 3.63) is 77.9 Å². The number of pyridine rings is 1. The molecule has 0 aliphatic carbocycles. The number of hydrogen-bond donors (Lipinski definition) is 1. The van der Waals surface area contributed by atoms with Crippen molar-refractivity contribution < 1.29 is 9.47 Å². The summed E-state index contributed by atoms with van der Waals surface area (Å²) in [6.07, 6.45) is 1.82. The van der Waals surface area contributed by atoms with E-state index in [4.69, 9.17) is 9.47 Å². The van der Waals surface area contributed by atoms with Crippen molar-refractivity contribution in [2.24, 2.45) is 0 Å². The van der Waals surface area contributed by atoms with E-state index in [0.29, 0.717) is 11.6 Å². The van der Waals surface area contributed by atoms with E-state index < -0.39 is 0 Å². The molecule has 4 aromatic rings. The van der Waals surface area contributed by atoms with Gasteiger partial charge in [-0.05, 0) is 37.3 Å². The fourth-order valence-electron chi connectivity index (χ4n) is 2.58. The van der Waals surface area contributed by atoms with Gasteiger partial charge in [0.1, 0.15) is 11.5 Å². The largest absolute Gasteiger partial charge is 0.497 e. The monoisotopic (exact) mass is 421 g/mol. The minimum Gasteiger partial charge on any atom is -0.497 e. The van der Waals surface area contributed by atoms with Gasteiger partial charge in [0, 0.05) is 27.4 Å². The Labute approximate surface area is 177 Å². The zero-order valence-corrected chi connectivity index (χ0v) is 17.6. The highest BCUT2D eigenvalue weighted by atomic mass is 32.2. The fraction of sp³-hybridized carbons (Fsp3) is 0.0909. The second kappa shape index (κ2) is 8.98. The van der Waals surface area contributed by atoms with E-state index in [0.717, 1.165) is 32.1 Å². The van der Waals surface area contributed by atoms with Crippen molar-refractivity contribution in [2.75, 3.05) is 12.4 Å². The normalized spacial score (nSPS) is 10.6. The quantitative estimate of drug-likeness (QED) is 0.365. The molecule has 2 heterocycles. The lowest BCUT2D eigenvalue weighted by molar-refractivity contribution is 0.413. The van der Waals surface area contributed by atoms with E-state index in [2.05, 4.69) is 15.3 Å². The van der Waals surface area contributed by atoms with Crippen LogP contribution in [0.25, 0.3) is 0 Å². The third-order valence-electron chi connectivity index (χ3n) is 3.92. The molecule has 0 saturated carbocycles. The SMILES string of the molecule is COc1cccc(Sc2cnc(Nc3nc(C)cs3)c(Oc3ccccc3)c2)c1. The molecule has 2 aromatic heterocycles. The van der Waals surface area contributed by atoms with Crippen molar-refractivity contribution in [1.29, 1.82) is 0 Å². The first-order valence-electron chi connectivity index (χ1n) is 8.93. The van der Waals surface area contributed by atoms with Crippen molar-refractivity contribution >= 4 is 34.0 Å². The van der Waals surface area contributed by atoms with Crippen LogP contribution in [0, 0.1) is 6.92 Å². The van der Waals surface area contributed by atoms with Crippen LogP contribution in [-0.4, -0.2) is 17.1 Å². The minimum atomic E-state index is 0.623. The molecular formula is C22H19N3O2S2. The average molecular weight is 422 g/mol. The molecule has 0 spiro atoms. The molecule has 5 nitrogen and oxygen atoms in total. The maximum Gasteiger partial charge on any atom is 0.188 e. The summed E-state index contributed by atoms with van der Waals surface area (Å²) < 4.78 is 11.4. The Morgan fingerprint density at radius 1 is 0.966 bits per heavy atom. The molecule has 29 heavy (non-hydrogen) atoms. The van der Waals surface area contributed by atoms with Crippen LogP contribution in [0.2, 0.25) is 0 Å². The highest BCUT2D eigenvalue weighted by Crippen LogP contribution is 2.37. The number of aromatic nitrogens is 2. The van der Waals surface area contributed by atoms with Gasteiger partial charge >= 0.3 is 0 Å². The molecule has 0 amide bonds. The molecule has 0 unspecified atom stereocenters. The van der Waals surface area contributed by atoms with E-state index >= 15 is 0 Å². The Hall–Kier alpha value is -3.03.